The minimum atomic E-state index is -0.511. The second kappa shape index (κ2) is 16.3. The first-order valence-corrected chi connectivity index (χ1v) is 16.5. The van der Waals surface area contributed by atoms with Gasteiger partial charge in [-0.05, 0) is 102 Å². The van der Waals surface area contributed by atoms with Gasteiger partial charge in [-0.2, -0.15) is 0 Å². The highest BCUT2D eigenvalue weighted by Crippen LogP contribution is 2.34. The summed E-state index contributed by atoms with van der Waals surface area (Å²) in [5.41, 5.74) is 3.60. The Morgan fingerprint density at radius 3 is 1.44 bits per heavy atom. The van der Waals surface area contributed by atoms with Crippen LogP contribution >= 0.6 is 0 Å². The van der Waals surface area contributed by atoms with Crippen LogP contribution in [0, 0.1) is 11.8 Å². The average molecular weight is 583 g/mol. The Labute approximate surface area is 261 Å². The lowest BCUT2D eigenvalue weighted by Crippen LogP contribution is -2.40. The van der Waals surface area contributed by atoms with Crippen LogP contribution in [0.5, 0.6) is 0 Å². The predicted molar refractivity (Wildman–Crippen MR) is 179 cm³/mol. The third-order valence-electron chi connectivity index (χ3n) is 9.84. The SMILES string of the molecule is CC(=O)C1CCC(N(Cc2ccccc2)Cc2ccccc2)CC1.CN(Cc1ccccc1)C1CCC(C(C)(C)O)CC1. The van der Waals surface area contributed by atoms with E-state index in [0.29, 0.717) is 23.8 Å². The van der Waals surface area contributed by atoms with Crippen molar-refractivity contribution in [3.05, 3.63) is 108 Å². The van der Waals surface area contributed by atoms with E-state index in [9.17, 15) is 9.90 Å². The number of nitrogens with zero attached hydrogens (tertiary/aromatic N) is 2. The van der Waals surface area contributed by atoms with Gasteiger partial charge in [-0.1, -0.05) is 91.0 Å². The first-order chi connectivity index (χ1) is 20.7. The molecule has 5 rings (SSSR count). The van der Waals surface area contributed by atoms with Gasteiger partial charge in [0.1, 0.15) is 5.78 Å². The molecule has 0 radical (unpaired) electrons. The van der Waals surface area contributed by atoms with E-state index in [0.717, 1.165) is 58.2 Å². The van der Waals surface area contributed by atoms with Crippen molar-refractivity contribution in [3.8, 4) is 0 Å². The van der Waals surface area contributed by atoms with Crippen LogP contribution in [0.1, 0.15) is 88.8 Å². The maximum atomic E-state index is 11.6. The molecule has 4 nitrogen and oxygen atoms in total. The summed E-state index contributed by atoms with van der Waals surface area (Å²) >= 11 is 0. The Bertz CT molecular complexity index is 1150. The minimum Gasteiger partial charge on any atom is -0.390 e. The van der Waals surface area contributed by atoms with Crippen molar-refractivity contribution in [3.63, 3.8) is 0 Å². The summed E-state index contributed by atoms with van der Waals surface area (Å²) < 4.78 is 0. The zero-order valence-electron chi connectivity index (χ0n) is 27.0. The summed E-state index contributed by atoms with van der Waals surface area (Å²) in [6.07, 6.45) is 9.05. The van der Waals surface area contributed by atoms with Crippen LogP contribution in [-0.2, 0) is 24.4 Å². The van der Waals surface area contributed by atoms with Gasteiger partial charge in [-0.15, -0.1) is 0 Å². The summed E-state index contributed by atoms with van der Waals surface area (Å²) in [6.45, 7) is 8.63. The number of aliphatic hydroxyl groups is 1. The van der Waals surface area contributed by atoms with Crippen molar-refractivity contribution in [2.75, 3.05) is 7.05 Å². The minimum absolute atomic E-state index is 0.288. The van der Waals surface area contributed by atoms with Crippen LogP contribution in [0.2, 0.25) is 0 Å². The molecule has 2 aliphatic rings. The van der Waals surface area contributed by atoms with Crippen molar-refractivity contribution in [1.82, 2.24) is 9.80 Å². The van der Waals surface area contributed by atoms with E-state index in [1.54, 1.807) is 6.92 Å². The molecular weight excluding hydrogens is 528 g/mol. The van der Waals surface area contributed by atoms with Crippen LogP contribution in [0.25, 0.3) is 0 Å². The molecule has 2 fully saturated rings. The third-order valence-corrected chi connectivity index (χ3v) is 9.84. The van der Waals surface area contributed by atoms with E-state index in [1.165, 1.54) is 29.5 Å². The molecule has 0 atom stereocenters. The number of carbonyl (C=O) groups excluding carboxylic acids is 1. The van der Waals surface area contributed by atoms with E-state index in [1.807, 2.05) is 13.8 Å². The van der Waals surface area contributed by atoms with Crippen LogP contribution in [0.3, 0.4) is 0 Å². The lowest BCUT2D eigenvalue weighted by Gasteiger charge is -2.39. The van der Waals surface area contributed by atoms with E-state index in [-0.39, 0.29) is 5.92 Å². The summed E-state index contributed by atoms with van der Waals surface area (Å²) in [5, 5.41) is 10.1. The van der Waals surface area contributed by atoms with Gasteiger partial charge < -0.3 is 5.11 Å². The third kappa shape index (κ3) is 10.7. The Hall–Kier alpha value is -2.79. The molecule has 0 bridgehead atoms. The second-order valence-electron chi connectivity index (χ2n) is 13.6. The molecule has 43 heavy (non-hydrogen) atoms. The average Bonchev–Trinajstić information content (AvgIpc) is 3.02. The Morgan fingerprint density at radius 1 is 0.651 bits per heavy atom. The van der Waals surface area contributed by atoms with Crippen molar-refractivity contribution in [2.24, 2.45) is 11.8 Å². The standard InChI is InChI=1S/C22H27NO.C17H27NO/c1-18(24)21-12-14-22(15-13-21)23(16-19-8-4-2-5-9-19)17-20-10-6-3-7-11-20;1-17(2,19)15-9-11-16(12-10-15)18(3)13-14-7-5-4-6-8-14/h2-11,21-22H,12-17H2,1H3;4-8,15-16,19H,9-13H2,1-3H3. The number of Topliss-reactive ketones (excluding diaryl/α,β-unsaturated/α-hetero) is 1. The highest BCUT2D eigenvalue weighted by Gasteiger charge is 2.32. The zero-order chi connectivity index (χ0) is 30.7. The monoisotopic (exact) mass is 582 g/mol. The Balaban J connectivity index is 0.000000203. The van der Waals surface area contributed by atoms with Gasteiger partial charge in [-0.3, -0.25) is 14.6 Å². The van der Waals surface area contributed by atoms with Gasteiger partial charge in [0.25, 0.3) is 0 Å². The van der Waals surface area contributed by atoms with Crippen molar-refractivity contribution >= 4 is 5.78 Å². The van der Waals surface area contributed by atoms with Crippen molar-refractivity contribution in [1.29, 1.82) is 0 Å². The molecule has 0 spiro atoms. The van der Waals surface area contributed by atoms with Gasteiger partial charge in [0.15, 0.2) is 0 Å². The second-order valence-corrected chi connectivity index (χ2v) is 13.6. The lowest BCUT2D eigenvalue weighted by molar-refractivity contribution is -0.122. The summed E-state index contributed by atoms with van der Waals surface area (Å²) in [7, 11) is 2.22. The smallest absolute Gasteiger partial charge is 0.132 e. The fourth-order valence-electron chi connectivity index (χ4n) is 7.02. The first kappa shape index (κ1) is 33.1. The maximum absolute atomic E-state index is 11.6. The highest BCUT2D eigenvalue weighted by atomic mass is 16.3. The molecule has 0 heterocycles. The molecule has 2 saturated carbocycles. The molecule has 3 aromatic rings. The first-order valence-electron chi connectivity index (χ1n) is 16.5. The molecule has 0 amide bonds. The number of benzene rings is 3. The maximum Gasteiger partial charge on any atom is 0.132 e. The number of rotatable bonds is 10. The van der Waals surface area contributed by atoms with Gasteiger partial charge in [0.05, 0.1) is 5.60 Å². The van der Waals surface area contributed by atoms with E-state index in [2.05, 4.69) is 108 Å². The molecule has 0 saturated heterocycles. The van der Waals surface area contributed by atoms with Gasteiger partial charge in [-0.25, -0.2) is 0 Å². The van der Waals surface area contributed by atoms with Gasteiger partial charge >= 0.3 is 0 Å². The number of hydrogen-bond donors (Lipinski definition) is 1. The normalized spacial score (nSPS) is 22.6. The topological polar surface area (TPSA) is 43.8 Å². The fourth-order valence-corrected chi connectivity index (χ4v) is 7.02. The molecular formula is C39H54N2O2. The molecule has 0 unspecified atom stereocenters. The Kier molecular flexibility index (Phi) is 12.6. The molecule has 4 heteroatoms. The number of carbonyl (C=O) groups is 1. The molecule has 0 aliphatic heterocycles. The van der Waals surface area contributed by atoms with Crippen LogP contribution in [0.4, 0.5) is 0 Å². The zero-order valence-corrected chi connectivity index (χ0v) is 27.0. The van der Waals surface area contributed by atoms with Gasteiger partial charge in [0, 0.05) is 37.6 Å². The summed E-state index contributed by atoms with van der Waals surface area (Å²) in [4.78, 5) is 16.7. The largest absolute Gasteiger partial charge is 0.390 e. The van der Waals surface area contributed by atoms with E-state index in [4.69, 9.17) is 0 Å². The van der Waals surface area contributed by atoms with Crippen molar-refractivity contribution in [2.45, 2.75) is 109 Å². The predicted octanol–water partition coefficient (Wildman–Crippen LogP) is 8.28. The van der Waals surface area contributed by atoms with Crippen molar-refractivity contribution < 1.29 is 9.90 Å². The van der Waals surface area contributed by atoms with E-state index < -0.39 is 5.60 Å². The molecule has 1 N–H and O–H groups in total. The van der Waals surface area contributed by atoms with Gasteiger partial charge in [0.2, 0.25) is 0 Å². The fraction of sp³-hybridized carbons (Fsp3) is 0.513. The molecule has 2 aliphatic carbocycles. The Morgan fingerprint density at radius 2 is 1.05 bits per heavy atom. The summed E-state index contributed by atoms with van der Waals surface area (Å²) in [5.74, 6) is 1.12. The summed E-state index contributed by atoms with van der Waals surface area (Å²) in [6, 6.07) is 33.3. The van der Waals surface area contributed by atoms with Crippen LogP contribution in [0.15, 0.2) is 91.0 Å². The lowest BCUT2D eigenvalue weighted by atomic mass is 9.77. The van der Waals surface area contributed by atoms with Crippen LogP contribution in [-0.4, -0.2) is 45.4 Å². The molecule has 0 aromatic heterocycles. The molecule has 3 aromatic carbocycles. The number of hydrogen-bond acceptors (Lipinski definition) is 4. The van der Waals surface area contributed by atoms with E-state index >= 15 is 0 Å². The molecule has 232 valence electrons. The number of ketones is 1. The van der Waals surface area contributed by atoms with Crippen LogP contribution < -0.4 is 0 Å². The highest BCUT2D eigenvalue weighted by molar-refractivity contribution is 5.78. The quantitative estimate of drug-likeness (QED) is 0.261.